The molecule has 0 spiro atoms. The maximum atomic E-state index is 12.1. The molecule has 0 heterocycles. The van der Waals surface area contributed by atoms with Crippen LogP contribution in [0.3, 0.4) is 0 Å². The first-order chi connectivity index (χ1) is 9.54. The summed E-state index contributed by atoms with van der Waals surface area (Å²) in [5.41, 5.74) is 0.716. The number of likely N-dealkylation sites (N-methyl/N-ethyl adjacent to an activating group) is 1. The molecule has 0 saturated heterocycles. The summed E-state index contributed by atoms with van der Waals surface area (Å²) in [7, 11) is -0.301. The van der Waals surface area contributed by atoms with E-state index in [1.807, 2.05) is 0 Å². The van der Waals surface area contributed by atoms with Crippen molar-refractivity contribution < 1.29 is 22.7 Å². The van der Waals surface area contributed by atoms with Gasteiger partial charge in [0.25, 0.3) is 5.91 Å². The summed E-state index contributed by atoms with van der Waals surface area (Å²) in [6.07, 6.45) is 0.124. The molecule has 0 aliphatic rings. The van der Waals surface area contributed by atoms with Crippen molar-refractivity contribution in [3.05, 3.63) is 29.3 Å². The van der Waals surface area contributed by atoms with Gasteiger partial charge in [0.1, 0.15) is 0 Å². The van der Waals surface area contributed by atoms with Gasteiger partial charge in [0.2, 0.25) is 0 Å². The number of benzene rings is 1. The average Bonchev–Trinajstić information content (AvgIpc) is 2.36. The molecule has 6 nitrogen and oxygen atoms in total. The first kappa shape index (κ1) is 17.2. The van der Waals surface area contributed by atoms with Crippen LogP contribution in [0.4, 0.5) is 0 Å². The topological polar surface area (TPSA) is 80.7 Å². The lowest BCUT2D eigenvalue weighted by atomic mass is 10.1. The Morgan fingerprint density at radius 3 is 2.29 bits per heavy atom. The molecule has 0 aliphatic carbocycles. The van der Waals surface area contributed by atoms with E-state index >= 15 is 0 Å². The van der Waals surface area contributed by atoms with Gasteiger partial charge in [0, 0.05) is 20.4 Å². The highest BCUT2D eigenvalue weighted by molar-refractivity contribution is 7.90. The summed E-state index contributed by atoms with van der Waals surface area (Å²) >= 11 is 0. The smallest absolute Gasteiger partial charge is 0.339 e. The Morgan fingerprint density at radius 2 is 1.81 bits per heavy atom. The van der Waals surface area contributed by atoms with Gasteiger partial charge in [-0.05, 0) is 31.5 Å². The van der Waals surface area contributed by atoms with Crippen LogP contribution >= 0.6 is 0 Å². The zero-order valence-corrected chi connectivity index (χ0v) is 13.5. The van der Waals surface area contributed by atoms with Crippen molar-refractivity contribution in [2.75, 3.05) is 20.4 Å². The van der Waals surface area contributed by atoms with Crippen LogP contribution in [0, 0.1) is 6.92 Å². The molecule has 1 atom stereocenters. The van der Waals surface area contributed by atoms with E-state index < -0.39 is 21.9 Å². The fourth-order valence-corrected chi connectivity index (χ4v) is 2.34. The van der Waals surface area contributed by atoms with Crippen LogP contribution in [-0.4, -0.2) is 51.6 Å². The van der Waals surface area contributed by atoms with E-state index in [4.69, 9.17) is 4.74 Å². The summed E-state index contributed by atoms with van der Waals surface area (Å²) in [4.78, 5) is 25.1. The number of ether oxygens (including phenoxy) is 1. The van der Waals surface area contributed by atoms with E-state index in [9.17, 15) is 18.0 Å². The van der Waals surface area contributed by atoms with Gasteiger partial charge < -0.3 is 9.64 Å². The first-order valence-electron chi connectivity index (χ1n) is 6.27. The molecular weight excluding hydrogens is 294 g/mol. The minimum Gasteiger partial charge on any atom is -0.449 e. The van der Waals surface area contributed by atoms with Gasteiger partial charge in [-0.15, -0.1) is 0 Å². The van der Waals surface area contributed by atoms with Crippen LogP contribution in [0.15, 0.2) is 23.1 Å². The molecule has 1 aromatic rings. The normalized spacial score (nSPS) is 12.6. The number of hydrogen-bond donors (Lipinski definition) is 0. The van der Waals surface area contributed by atoms with Crippen LogP contribution in [0.1, 0.15) is 22.8 Å². The molecule has 7 heteroatoms. The SMILES string of the molecule is Cc1ccc(S(C)(=O)=O)cc1C(=O)O[C@H](C)C(=O)N(C)C. The lowest BCUT2D eigenvalue weighted by molar-refractivity contribution is -0.137. The van der Waals surface area contributed by atoms with Gasteiger partial charge in [-0.1, -0.05) is 6.07 Å². The van der Waals surface area contributed by atoms with Crippen LogP contribution in [-0.2, 0) is 19.4 Å². The van der Waals surface area contributed by atoms with Crippen LogP contribution < -0.4 is 0 Å². The van der Waals surface area contributed by atoms with E-state index in [1.165, 1.54) is 30.0 Å². The van der Waals surface area contributed by atoms with Crippen molar-refractivity contribution in [3.63, 3.8) is 0 Å². The highest BCUT2D eigenvalue weighted by atomic mass is 32.2. The van der Waals surface area contributed by atoms with E-state index in [0.717, 1.165) is 6.26 Å². The Kier molecular flexibility index (Phi) is 5.11. The average molecular weight is 313 g/mol. The Labute approximate surface area is 124 Å². The molecule has 0 radical (unpaired) electrons. The molecule has 1 aromatic carbocycles. The maximum absolute atomic E-state index is 12.1. The molecule has 0 N–H and O–H groups in total. The Hall–Kier alpha value is -1.89. The standard InChI is InChI=1S/C14H19NO5S/c1-9-6-7-11(21(5,18)19)8-12(9)14(17)20-10(2)13(16)15(3)4/h6-8,10H,1-5H3/t10-/m1/s1. The second kappa shape index (κ2) is 6.26. The quantitative estimate of drug-likeness (QED) is 0.776. The Balaban J connectivity index is 3.05. The van der Waals surface area contributed by atoms with E-state index in [0.29, 0.717) is 5.56 Å². The zero-order valence-electron chi connectivity index (χ0n) is 12.7. The number of hydrogen-bond acceptors (Lipinski definition) is 5. The van der Waals surface area contributed by atoms with Gasteiger partial charge in [-0.25, -0.2) is 13.2 Å². The third kappa shape index (κ3) is 4.29. The van der Waals surface area contributed by atoms with E-state index in [1.54, 1.807) is 21.0 Å². The number of carbonyl (C=O) groups excluding carboxylic acids is 2. The summed E-state index contributed by atoms with van der Waals surface area (Å²) in [6, 6.07) is 4.22. The Bertz CT molecular complexity index is 664. The van der Waals surface area contributed by atoms with Crippen molar-refractivity contribution in [3.8, 4) is 0 Å². The number of rotatable bonds is 4. The number of amides is 1. The molecule has 1 amide bonds. The minimum atomic E-state index is -3.42. The molecule has 21 heavy (non-hydrogen) atoms. The molecule has 1 rings (SSSR count). The van der Waals surface area contributed by atoms with Gasteiger partial charge in [0.05, 0.1) is 10.5 Å². The number of esters is 1. The third-order valence-electron chi connectivity index (χ3n) is 2.93. The van der Waals surface area contributed by atoms with E-state index in [-0.39, 0.29) is 16.4 Å². The molecule has 0 aliphatic heterocycles. The van der Waals surface area contributed by atoms with Crippen LogP contribution in [0.5, 0.6) is 0 Å². The van der Waals surface area contributed by atoms with Crippen LogP contribution in [0.2, 0.25) is 0 Å². The predicted molar refractivity (Wildman–Crippen MR) is 77.9 cm³/mol. The van der Waals surface area contributed by atoms with E-state index in [2.05, 4.69) is 0 Å². The van der Waals surface area contributed by atoms with Gasteiger partial charge in [-0.2, -0.15) is 0 Å². The lowest BCUT2D eigenvalue weighted by Gasteiger charge is -2.17. The highest BCUT2D eigenvalue weighted by Gasteiger charge is 2.22. The molecule has 0 bridgehead atoms. The van der Waals surface area contributed by atoms with Crippen LogP contribution in [0.25, 0.3) is 0 Å². The van der Waals surface area contributed by atoms with Crippen molar-refractivity contribution >= 4 is 21.7 Å². The fourth-order valence-electron chi connectivity index (χ4n) is 1.69. The first-order valence-corrected chi connectivity index (χ1v) is 8.16. The number of carbonyl (C=O) groups is 2. The van der Waals surface area contributed by atoms with Crippen molar-refractivity contribution in [1.29, 1.82) is 0 Å². The minimum absolute atomic E-state index is 0.0339. The second-order valence-corrected chi connectivity index (χ2v) is 7.04. The maximum Gasteiger partial charge on any atom is 0.339 e. The molecule has 0 aromatic heterocycles. The largest absolute Gasteiger partial charge is 0.449 e. The number of sulfone groups is 1. The summed E-state index contributed by atoms with van der Waals surface area (Å²) < 4.78 is 28.1. The summed E-state index contributed by atoms with van der Waals surface area (Å²) in [5.74, 6) is -1.07. The van der Waals surface area contributed by atoms with Gasteiger partial charge in [0.15, 0.2) is 15.9 Å². The fraction of sp³-hybridized carbons (Fsp3) is 0.429. The molecule has 0 fully saturated rings. The molecule has 116 valence electrons. The van der Waals surface area contributed by atoms with Gasteiger partial charge >= 0.3 is 5.97 Å². The van der Waals surface area contributed by atoms with Crippen molar-refractivity contribution in [2.24, 2.45) is 0 Å². The third-order valence-corrected chi connectivity index (χ3v) is 4.04. The zero-order chi connectivity index (χ0) is 16.4. The highest BCUT2D eigenvalue weighted by Crippen LogP contribution is 2.17. The second-order valence-electron chi connectivity index (χ2n) is 5.03. The van der Waals surface area contributed by atoms with Crippen molar-refractivity contribution in [1.82, 2.24) is 4.90 Å². The summed E-state index contributed by atoms with van der Waals surface area (Å²) in [6.45, 7) is 3.14. The number of nitrogens with zero attached hydrogens (tertiary/aromatic N) is 1. The molecule has 0 saturated carbocycles. The summed E-state index contributed by atoms with van der Waals surface area (Å²) in [5, 5.41) is 0. The number of aryl methyl sites for hydroxylation is 1. The predicted octanol–water partition coefficient (Wildman–Crippen LogP) is 1.03. The van der Waals surface area contributed by atoms with Gasteiger partial charge in [-0.3, -0.25) is 4.79 Å². The lowest BCUT2D eigenvalue weighted by Crippen LogP contribution is -2.35. The monoisotopic (exact) mass is 313 g/mol. The molecule has 0 unspecified atom stereocenters. The van der Waals surface area contributed by atoms with Crippen molar-refractivity contribution in [2.45, 2.75) is 24.8 Å². The Morgan fingerprint density at radius 1 is 1.24 bits per heavy atom. The molecular formula is C14H19NO5S.